The zero-order valence-electron chi connectivity index (χ0n) is 16.4. The molecule has 2 aromatic carbocycles. The molecule has 6 nitrogen and oxygen atoms in total. The minimum atomic E-state index is -0.589. The van der Waals surface area contributed by atoms with Crippen LogP contribution in [0.25, 0.3) is 11.0 Å². The Morgan fingerprint density at radius 3 is 2.64 bits per heavy atom. The molecular formula is C22H24N4O2. The van der Waals surface area contributed by atoms with Crippen LogP contribution in [0.3, 0.4) is 0 Å². The number of aromatic nitrogens is 2. The van der Waals surface area contributed by atoms with E-state index in [1.165, 1.54) is 4.57 Å². The molecule has 0 aliphatic heterocycles. The molecule has 1 heterocycles. The number of hydrogen-bond acceptors (Lipinski definition) is 5. The normalized spacial score (nSPS) is 11.4. The zero-order chi connectivity index (χ0) is 20.1. The highest BCUT2D eigenvalue weighted by Gasteiger charge is 2.22. The monoisotopic (exact) mass is 376 g/mol. The smallest absolute Gasteiger partial charge is 0.420 e. The lowest BCUT2D eigenvalue weighted by Gasteiger charge is -2.20. The Bertz CT molecular complexity index is 1020. The summed E-state index contributed by atoms with van der Waals surface area (Å²) in [6, 6.07) is 17.3. The van der Waals surface area contributed by atoms with E-state index in [-0.39, 0.29) is 0 Å². The number of para-hydroxylation sites is 2. The van der Waals surface area contributed by atoms with Crippen LogP contribution in [0.5, 0.6) is 0 Å². The second-order valence-electron chi connectivity index (χ2n) is 7.53. The molecule has 0 saturated carbocycles. The lowest BCUT2D eigenvalue weighted by Crippen LogP contribution is -2.29. The van der Waals surface area contributed by atoms with Crippen LogP contribution in [0.1, 0.15) is 37.7 Å². The van der Waals surface area contributed by atoms with E-state index in [1.54, 1.807) is 0 Å². The Morgan fingerprint density at radius 1 is 1.18 bits per heavy atom. The molecule has 0 unspecified atom stereocenters. The maximum Gasteiger partial charge on any atom is 0.420 e. The largest absolute Gasteiger partial charge is 0.443 e. The molecular weight excluding hydrogens is 352 g/mol. The molecule has 0 radical (unpaired) electrons. The molecule has 0 bridgehead atoms. The third-order valence-electron chi connectivity index (χ3n) is 4.20. The predicted octanol–water partition coefficient (Wildman–Crippen LogP) is 4.02. The topological polar surface area (TPSA) is 79.9 Å². The summed E-state index contributed by atoms with van der Waals surface area (Å²) in [6.45, 7) is 6.61. The summed E-state index contributed by atoms with van der Waals surface area (Å²) in [4.78, 5) is 17.3. The van der Waals surface area contributed by atoms with E-state index < -0.39 is 11.7 Å². The van der Waals surface area contributed by atoms with Crippen LogP contribution in [0.4, 0.5) is 4.79 Å². The standard InChI is InChI=1S/C22H24N4O2/c1-22(2,3)28-21(27)26-19-11-7-6-10-18(19)25-20(26)15-24-13-12-16-8-4-5-9-17(16)14-23/h4-11,24H,12-13,15H2,1-3H3. The first-order chi connectivity index (χ1) is 13.4. The molecule has 144 valence electrons. The van der Waals surface area contributed by atoms with Crippen molar-refractivity contribution in [3.8, 4) is 6.07 Å². The number of carbonyl (C=O) groups is 1. The molecule has 28 heavy (non-hydrogen) atoms. The summed E-state index contributed by atoms with van der Waals surface area (Å²) in [7, 11) is 0. The summed E-state index contributed by atoms with van der Waals surface area (Å²) in [5.74, 6) is 0.601. The highest BCUT2D eigenvalue weighted by Crippen LogP contribution is 2.19. The number of ether oxygens (including phenoxy) is 1. The number of benzene rings is 2. The van der Waals surface area contributed by atoms with Gasteiger partial charge in [-0.3, -0.25) is 0 Å². The van der Waals surface area contributed by atoms with E-state index in [1.807, 2.05) is 69.3 Å². The molecule has 0 saturated heterocycles. The average molecular weight is 376 g/mol. The summed E-state index contributed by atoms with van der Waals surface area (Å²) >= 11 is 0. The van der Waals surface area contributed by atoms with Crippen molar-refractivity contribution < 1.29 is 9.53 Å². The highest BCUT2D eigenvalue weighted by atomic mass is 16.6. The summed E-state index contributed by atoms with van der Waals surface area (Å²) in [5, 5.41) is 12.5. The van der Waals surface area contributed by atoms with Crippen LogP contribution < -0.4 is 5.32 Å². The van der Waals surface area contributed by atoms with Gasteiger partial charge in [-0.25, -0.2) is 14.3 Å². The number of rotatable bonds is 5. The maximum atomic E-state index is 12.7. The summed E-state index contributed by atoms with van der Waals surface area (Å²) in [5.41, 5.74) is 2.57. The lowest BCUT2D eigenvalue weighted by atomic mass is 10.1. The van der Waals surface area contributed by atoms with Crippen LogP contribution in [0.2, 0.25) is 0 Å². The maximum absolute atomic E-state index is 12.7. The predicted molar refractivity (Wildman–Crippen MR) is 108 cm³/mol. The molecule has 3 rings (SSSR count). The second kappa shape index (κ2) is 8.24. The Hall–Kier alpha value is -3.17. The van der Waals surface area contributed by atoms with Crippen molar-refractivity contribution in [2.75, 3.05) is 6.54 Å². The van der Waals surface area contributed by atoms with Crippen molar-refractivity contribution in [2.24, 2.45) is 0 Å². The van der Waals surface area contributed by atoms with Gasteiger partial charge in [0.05, 0.1) is 29.2 Å². The third-order valence-corrected chi connectivity index (χ3v) is 4.20. The van der Waals surface area contributed by atoms with E-state index in [0.29, 0.717) is 24.5 Å². The average Bonchev–Trinajstić information content (AvgIpc) is 3.02. The van der Waals surface area contributed by atoms with Crippen molar-refractivity contribution in [2.45, 2.75) is 39.3 Å². The third kappa shape index (κ3) is 4.56. The molecule has 0 atom stereocenters. The van der Waals surface area contributed by atoms with Gasteiger partial charge in [-0.05, 0) is 57.5 Å². The van der Waals surface area contributed by atoms with Gasteiger partial charge in [-0.1, -0.05) is 30.3 Å². The van der Waals surface area contributed by atoms with Gasteiger partial charge in [-0.2, -0.15) is 5.26 Å². The van der Waals surface area contributed by atoms with Crippen LogP contribution >= 0.6 is 0 Å². The summed E-state index contributed by atoms with van der Waals surface area (Å²) in [6.07, 6.45) is 0.281. The number of imidazole rings is 1. The summed E-state index contributed by atoms with van der Waals surface area (Å²) < 4.78 is 7.08. The highest BCUT2D eigenvalue weighted by molar-refractivity contribution is 5.87. The minimum Gasteiger partial charge on any atom is -0.443 e. The van der Waals surface area contributed by atoms with Crippen LogP contribution in [0, 0.1) is 11.3 Å². The van der Waals surface area contributed by atoms with Gasteiger partial charge in [0.2, 0.25) is 0 Å². The first-order valence-corrected chi connectivity index (χ1v) is 9.27. The van der Waals surface area contributed by atoms with Gasteiger partial charge in [0.25, 0.3) is 0 Å². The number of hydrogen-bond donors (Lipinski definition) is 1. The number of fused-ring (bicyclic) bond motifs is 1. The Morgan fingerprint density at radius 2 is 1.89 bits per heavy atom. The Kier molecular flexibility index (Phi) is 5.76. The van der Waals surface area contributed by atoms with E-state index in [4.69, 9.17) is 4.74 Å². The van der Waals surface area contributed by atoms with Gasteiger partial charge < -0.3 is 10.1 Å². The van der Waals surface area contributed by atoms with Crippen molar-refractivity contribution in [3.63, 3.8) is 0 Å². The first kappa shape index (κ1) is 19.6. The first-order valence-electron chi connectivity index (χ1n) is 9.27. The quantitative estimate of drug-likeness (QED) is 0.680. The Balaban J connectivity index is 1.75. The van der Waals surface area contributed by atoms with Crippen molar-refractivity contribution in [3.05, 3.63) is 65.5 Å². The van der Waals surface area contributed by atoms with Gasteiger partial charge in [-0.15, -0.1) is 0 Å². The molecule has 3 aromatic rings. The minimum absolute atomic E-state index is 0.419. The molecule has 0 amide bonds. The molecule has 6 heteroatoms. The SMILES string of the molecule is CC(C)(C)OC(=O)n1c(CNCCc2ccccc2C#N)nc2ccccc21. The molecule has 0 spiro atoms. The van der Waals surface area contributed by atoms with Crippen LogP contribution in [0.15, 0.2) is 48.5 Å². The van der Waals surface area contributed by atoms with Gasteiger partial charge in [0.15, 0.2) is 0 Å². The Labute approximate surface area is 164 Å². The lowest BCUT2D eigenvalue weighted by molar-refractivity contribution is 0.0538. The molecule has 0 fully saturated rings. The number of nitrogens with zero attached hydrogens (tertiary/aromatic N) is 3. The van der Waals surface area contributed by atoms with Gasteiger partial charge in [0, 0.05) is 0 Å². The van der Waals surface area contributed by atoms with Crippen molar-refractivity contribution in [1.29, 1.82) is 5.26 Å². The fourth-order valence-corrected chi connectivity index (χ4v) is 2.98. The van der Waals surface area contributed by atoms with Gasteiger partial charge >= 0.3 is 6.09 Å². The fraction of sp³-hybridized carbons (Fsp3) is 0.318. The second-order valence-corrected chi connectivity index (χ2v) is 7.53. The van der Waals surface area contributed by atoms with E-state index in [9.17, 15) is 10.1 Å². The van der Waals surface area contributed by atoms with Crippen molar-refractivity contribution >= 4 is 17.1 Å². The van der Waals surface area contributed by atoms with Crippen LogP contribution in [-0.4, -0.2) is 27.8 Å². The fourth-order valence-electron chi connectivity index (χ4n) is 2.98. The van der Waals surface area contributed by atoms with E-state index in [0.717, 1.165) is 23.0 Å². The number of carbonyl (C=O) groups excluding carboxylic acids is 1. The molecule has 0 aliphatic rings. The molecule has 0 aliphatic carbocycles. The molecule has 1 N–H and O–H groups in total. The zero-order valence-corrected chi connectivity index (χ0v) is 16.4. The van der Waals surface area contributed by atoms with Crippen LogP contribution in [-0.2, 0) is 17.7 Å². The van der Waals surface area contributed by atoms with E-state index in [2.05, 4.69) is 16.4 Å². The van der Waals surface area contributed by atoms with Crippen molar-refractivity contribution in [1.82, 2.24) is 14.9 Å². The van der Waals surface area contributed by atoms with Gasteiger partial charge in [0.1, 0.15) is 11.4 Å². The number of nitrogens with one attached hydrogen (secondary N) is 1. The number of nitriles is 1. The molecule has 1 aromatic heterocycles. The van der Waals surface area contributed by atoms with E-state index >= 15 is 0 Å².